The van der Waals surface area contributed by atoms with Gasteiger partial charge in [-0.2, -0.15) is 0 Å². The third kappa shape index (κ3) is 5.62. The predicted molar refractivity (Wildman–Crippen MR) is 128 cm³/mol. The first-order chi connectivity index (χ1) is 17.0. The number of urea groups is 1. The van der Waals surface area contributed by atoms with Gasteiger partial charge in [-0.15, -0.1) is 10.2 Å². The summed E-state index contributed by atoms with van der Waals surface area (Å²) in [6.45, 7) is 3.65. The summed E-state index contributed by atoms with van der Waals surface area (Å²) in [4.78, 5) is 24.6. The smallest absolute Gasteiger partial charge is 0.337 e. The molecule has 1 atom stereocenters. The van der Waals surface area contributed by atoms with E-state index in [0.717, 1.165) is 5.69 Å². The molecule has 0 spiro atoms. The summed E-state index contributed by atoms with van der Waals surface area (Å²) >= 11 is 1.29. The Labute approximate surface area is 205 Å². The van der Waals surface area contributed by atoms with Crippen molar-refractivity contribution in [2.75, 3.05) is 12.4 Å². The molecule has 2 heterocycles. The predicted octanol–water partition coefficient (Wildman–Crippen LogP) is 3.60. The second kappa shape index (κ2) is 11.0. The minimum atomic E-state index is -0.505. The zero-order valence-electron chi connectivity index (χ0n) is 19.2. The van der Waals surface area contributed by atoms with Gasteiger partial charge in [0.1, 0.15) is 6.61 Å². The number of aromatic nitrogens is 3. The Morgan fingerprint density at radius 2 is 1.89 bits per heavy atom. The highest BCUT2D eigenvalue weighted by Gasteiger charge is 2.30. The van der Waals surface area contributed by atoms with Crippen LogP contribution in [-0.2, 0) is 16.1 Å². The van der Waals surface area contributed by atoms with E-state index in [4.69, 9.17) is 9.47 Å². The number of nitrogens with zero attached hydrogens (tertiary/aromatic N) is 3. The molecular weight excluding hydrogens is 473 g/mol. The number of benzene rings is 2. The molecule has 4 rings (SSSR count). The number of carbonyl (C=O) groups excluding carboxylic acids is 2. The second-order valence-corrected chi connectivity index (χ2v) is 8.45. The van der Waals surface area contributed by atoms with Crippen LogP contribution in [-0.4, -0.2) is 45.2 Å². The Kier molecular flexibility index (Phi) is 7.66. The van der Waals surface area contributed by atoms with Crippen LogP contribution in [0.15, 0.2) is 71.0 Å². The Morgan fingerprint density at radius 3 is 2.63 bits per heavy atom. The summed E-state index contributed by atoms with van der Waals surface area (Å²) < 4.78 is 26.6. The molecule has 1 aromatic heterocycles. The standard InChI is InChI=1S/C24H24FN5O4S/c1-3-33-22(31)21-15(2)26-23(32)27-18(21)14-35-24-29-28-20(30(24)16-9-5-4-6-10-16)13-34-19-12-8-7-11-17(19)25/h4-12,15H,3,13-14H2,1-2H3,(H2,26,27,32). The van der Waals surface area contributed by atoms with Crippen LogP contribution in [0.25, 0.3) is 5.69 Å². The minimum Gasteiger partial charge on any atom is -0.483 e. The minimum absolute atomic E-state index is 0.0160. The Hall–Kier alpha value is -3.86. The molecule has 2 aromatic carbocycles. The van der Waals surface area contributed by atoms with Crippen LogP contribution in [0, 0.1) is 5.82 Å². The van der Waals surface area contributed by atoms with Gasteiger partial charge in [0.25, 0.3) is 0 Å². The van der Waals surface area contributed by atoms with E-state index in [1.807, 2.05) is 30.3 Å². The average molecular weight is 498 g/mol. The van der Waals surface area contributed by atoms with Crippen molar-refractivity contribution in [1.29, 1.82) is 0 Å². The topological polar surface area (TPSA) is 107 Å². The zero-order chi connectivity index (χ0) is 24.8. The van der Waals surface area contributed by atoms with Gasteiger partial charge in [-0.3, -0.25) is 4.57 Å². The van der Waals surface area contributed by atoms with E-state index < -0.39 is 23.9 Å². The van der Waals surface area contributed by atoms with E-state index in [-0.39, 0.29) is 24.7 Å². The third-order valence-electron chi connectivity index (χ3n) is 5.12. The molecule has 2 amide bonds. The van der Waals surface area contributed by atoms with Crippen molar-refractivity contribution < 1.29 is 23.5 Å². The molecule has 3 aromatic rings. The fraction of sp³-hybridized carbons (Fsp3) is 0.250. The lowest BCUT2D eigenvalue weighted by Gasteiger charge is -2.26. The molecule has 0 radical (unpaired) electrons. The molecule has 11 heteroatoms. The van der Waals surface area contributed by atoms with E-state index in [0.29, 0.717) is 22.3 Å². The van der Waals surface area contributed by atoms with Crippen LogP contribution in [0.4, 0.5) is 9.18 Å². The molecule has 35 heavy (non-hydrogen) atoms. The monoisotopic (exact) mass is 497 g/mol. The summed E-state index contributed by atoms with van der Waals surface area (Å²) in [6, 6.07) is 14.6. The molecule has 2 N–H and O–H groups in total. The van der Waals surface area contributed by atoms with Gasteiger partial charge in [-0.05, 0) is 38.1 Å². The van der Waals surface area contributed by atoms with Crippen molar-refractivity contribution >= 4 is 23.8 Å². The number of ether oxygens (including phenoxy) is 2. The highest BCUT2D eigenvalue weighted by molar-refractivity contribution is 7.99. The first-order valence-electron chi connectivity index (χ1n) is 11.0. The molecule has 0 bridgehead atoms. The number of rotatable bonds is 9. The van der Waals surface area contributed by atoms with Gasteiger partial charge in [0.05, 0.1) is 18.2 Å². The SMILES string of the molecule is CCOC(=O)C1=C(CSc2nnc(COc3ccccc3F)n2-c2ccccc2)NC(=O)NC1C. The summed E-state index contributed by atoms with van der Waals surface area (Å²) in [5.74, 6) is -0.150. The number of carbonyl (C=O) groups is 2. The van der Waals surface area contributed by atoms with E-state index in [1.54, 1.807) is 36.6 Å². The van der Waals surface area contributed by atoms with Crippen LogP contribution in [0.2, 0.25) is 0 Å². The number of thioether (sulfide) groups is 1. The summed E-state index contributed by atoms with van der Waals surface area (Å²) in [5.41, 5.74) is 1.58. The number of para-hydroxylation sites is 2. The van der Waals surface area contributed by atoms with Crippen LogP contribution in [0.3, 0.4) is 0 Å². The van der Waals surface area contributed by atoms with Gasteiger partial charge in [-0.25, -0.2) is 14.0 Å². The van der Waals surface area contributed by atoms with Crippen LogP contribution < -0.4 is 15.4 Å². The molecule has 9 nitrogen and oxygen atoms in total. The Morgan fingerprint density at radius 1 is 1.14 bits per heavy atom. The molecular formula is C24H24FN5O4S. The third-order valence-corrected chi connectivity index (χ3v) is 6.07. The van der Waals surface area contributed by atoms with E-state index >= 15 is 0 Å². The largest absolute Gasteiger partial charge is 0.483 e. The number of amides is 2. The number of hydrogen-bond donors (Lipinski definition) is 2. The highest BCUT2D eigenvalue weighted by Crippen LogP contribution is 2.27. The fourth-order valence-corrected chi connectivity index (χ4v) is 4.50. The van der Waals surface area contributed by atoms with Crippen LogP contribution >= 0.6 is 11.8 Å². The van der Waals surface area contributed by atoms with Gasteiger partial charge in [0, 0.05) is 17.1 Å². The summed E-state index contributed by atoms with van der Waals surface area (Å²) in [7, 11) is 0. The fourth-order valence-electron chi connectivity index (χ4n) is 3.56. The average Bonchev–Trinajstić information content (AvgIpc) is 3.25. The maximum absolute atomic E-state index is 14.0. The van der Waals surface area contributed by atoms with Gasteiger partial charge in [0.2, 0.25) is 0 Å². The summed E-state index contributed by atoms with van der Waals surface area (Å²) in [5, 5.41) is 14.4. The zero-order valence-corrected chi connectivity index (χ0v) is 20.0. The molecule has 0 saturated carbocycles. The maximum atomic E-state index is 14.0. The van der Waals surface area contributed by atoms with Gasteiger partial charge >= 0.3 is 12.0 Å². The lowest BCUT2D eigenvalue weighted by atomic mass is 10.1. The Bertz CT molecular complexity index is 1250. The van der Waals surface area contributed by atoms with Crippen molar-refractivity contribution in [3.05, 3.63) is 77.5 Å². The van der Waals surface area contributed by atoms with Crippen molar-refractivity contribution in [1.82, 2.24) is 25.4 Å². The van der Waals surface area contributed by atoms with Crippen LogP contribution in [0.1, 0.15) is 19.7 Å². The molecule has 0 aliphatic carbocycles. The van der Waals surface area contributed by atoms with Gasteiger partial charge in [0.15, 0.2) is 22.5 Å². The molecule has 182 valence electrons. The molecule has 0 saturated heterocycles. The number of nitrogens with one attached hydrogen (secondary N) is 2. The number of esters is 1. The summed E-state index contributed by atoms with van der Waals surface area (Å²) in [6.07, 6.45) is 0. The van der Waals surface area contributed by atoms with Gasteiger partial charge < -0.3 is 20.1 Å². The lowest BCUT2D eigenvalue weighted by molar-refractivity contribution is -0.138. The molecule has 1 aliphatic rings. The van der Waals surface area contributed by atoms with Crippen molar-refractivity contribution in [2.24, 2.45) is 0 Å². The van der Waals surface area contributed by atoms with Gasteiger partial charge in [-0.1, -0.05) is 42.1 Å². The first-order valence-corrected chi connectivity index (χ1v) is 11.9. The quantitative estimate of drug-likeness (QED) is 0.344. The molecule has 0 fully saturated rings. The second-order valence-electron chi connectivity index (χ2n) is 7.51. The lowest BCUT2D eigenvalue weighted by Crippen LogP contribution is -2.49. The van der Waals surface area contributed by atoms with Crippen molar-refractivity contribution in [2.45, 2.75) is 31.7 Å². The van der Waals surface area contributed by atoms with E-state index in [2.05, 4.69) is 20.8 Å². The Balaban J connectivity index is 1.62. The molecule has 1 aliphatic heterocycles. The van der Waals surface area contributed by atoms with E-state index in [9.17, 15) is 14.0 Å². The normalized spacial score (nSPS) is 15.4. The number of halogens is 1. The molecule has 1 unspecified atom stereocenters. The van der Waals surface area contributed by atoms with Crippen molar-refractivity contribution in [3.8, 4) is 11.4 Å². The first kappa shape index (κ1) is 24.3. The van der Waals surface area contributed by atoms with E-state index in [1.165, 1.54) is 17.8 Å². The maximum Gasteiger partial charge on any atom is 0.337 e. The van der Waals surface area contributed by atoms with Crippen molar-refractivity contribution in [3.63, 3.8) is 0 Å². The highest BCUT2D eigenvalue weighted by atomic mass is 32.2. The number of hydrogen-bond acceptors (Lipinski definition) is 7. The van der Waals surface area contributed by atoms with Crippen LogP contribution in [0.5, 0.6) is 5.75 Å².